The van der Waals surface area contributed by atoms with Crippen LogP contribution in [-0.4, -0.2) is 35.1 Å². The summed E-state index contributed by atoms with van der Waals surface area (Å²) in [5.41, 5.74) is 7.01. The first kappa shape index (κ1) is 16.9. The molecule has 0 radical (unpaired) electrons. The molecule has 6 heteroatoms. The molecule has 0 spiro atoms. The third-order valence-electron chi connectivity index (χ3n) is 3.51. The van der Waals surface area contributed by atoms with Crippen LogP contribution in [0.15, 0.2) is 29.2 Å². The van der Waals surface area contributed by atoms with E-state index in [9.17, 15) is 8.42 Å². The summed E-state index contributed by atoms with van der Waals surface area (Å²) in [6.07, 6.45) is 0.907. The molecule has 20 heavy (non-hydrogen) atoms. The largest absolute Gasteiger partial charge is 0.375 e. The Kier molecular flexibility index (Phi) is 5.98. The minimum Gasteiger partial charge on any atom is -0.375 e. The van der Waals surface area contributed by atoms with E-state index in [0.29, 0.717) is 5.92 Å². The van der Waals surface area contributed by atoms with E-state index >= 15 is 0 Å². The van der Waals surface area contributed by atoms with Crippen LogP contribution in [-0.2, 0) is 10.0 Å². The van der Waals surface area contributed by atoms with Gasteiger partial charge in [0.15, 0.2) is 0 Å². The van der Waals surface area contributed by atoms with Gasteiger partial charge in [-0.05, 0) is 43.7 Å². The molecule has 0 saturated heterocycles. The Hall–Kier alpha value is -1.11. The first-order valence-electron chi connectivity index (χ1n) is 6.78. The van der Waals surface area contributed by atoms with E-state index < -0.39 is 10.0 Å². The number of hydrogen-bond donors (Lipinski definition) is 2. The van der Waals surface area contributed by atoms with Crippen molar-refractivity contribution in [1.29, 1.82) is 0 Å². The minimum absolute atomic E-state index is 0.182. The summed E-state index contributed by atoms with van der Waals surface area (Å²) < 4.78 is 25.6. The summed E-state index contributed by atoms with van der Waals surface area (Å²) in [5, 5.41) is 0. The van der Waals surface area contributed by atoms with Gasteiger partial charge < -0.3 is 10.6 Å². The summed E-state index contributed by atoms with van der Waals surface area (Å²) in [7, 11) is 0.0201. The van der Waals surface area contributed by atoms with E-state index in [2.05, 4.69) is 23.5 Å². The molecule has 0 heterocycles. The highest BCUT2D eigenvalue weighted by Crippen LogP contribution is 2.17. The van der Waals surface area contributed by atoms with E-state index in [-0.39, 0.29) is 10.9 Å². The number of hydrogen-bond acceptors (Lipinski definition) is 4. The van der Waals surface area contributed by atoms with Crippen molar-refractivity contribution in [3.8, 4) is 0 Å². The third-order valence-corrected chi connectivity index (χ3v) is 4.94. The second kappa shape index (κ2) is 7.06. The molecule has 1 unspecified atom stereocenters. The lowest BCUT2D eigenvalue weighted by Gasteiger charge is -2.23. The molecular formula is C14H25N3O2S. The lowest BCUT2D eigenvalue weighted by molar-refractivity contribution is 0.466. The van der Waals surface area contributed by atoms with Gasteiger partial charge in [-0.15, -0.1) is 0 Å². The van der Waals surface area contributed by atoms with Crippen LogP contribution in [0.5, 0.6) is 0 Å². The van der Waals surface area contributed by atoms with Gasteiger partial charge in [0.05, 0.1) is 4.90 Å². The normalized spacial score (nSPS) is 13.5. The van der Waals surface area contributed by atoms with Gasteiger partial charge in [-0.25, -0.2) is 13.1 Å². The highest BCUT2D eigenvalue weighted by Gasteiger charge is 2.12. The standard InChI is InChI=1S/C14H25N3O2S/c1-11(2)14(15)9-10-17(4)12-5-7-13(8-6-12)20(18,19)16-3/h5-8,11,14,16H,9-10,15H2,1-4H3. The Morgan fingerprint density at radius 3 is 2.25 bits per heavy atom. The van der Waals surface area contributed by atoms with E-state index in [1.165, 1.54) is 7.05 Å². The number of sulfonamides is 1. The summed E-state index contributed by atoms with van der Waals surface area (Å²) in [5.74, 6) is 0.464. The van der Waals surface area contributed by atoms with Crippen LogP contribution >= 0.6 is 0 Å². The molecule has 5 nitrogen and oxygen atoms in total. The second-order valence-corrected chi connectivity index (χ2v) is 7.21. The number of benzene rings is 1. The zero-order valence-corrected chi connectivity index (χ0v) is 13.4. The molecule has 0 amide bonds. The van der Waals surface area contributed by atoms with Crippen molar-refractivity contribution in [2.45, 2.75) is 31.2 Å². The summed E-state index contributed by atoms with van der Waals surface area (Å²) >= 11 is 0. The van der Waals surface area contributed by atoms with Crippen LogP contribution in [0, 0.1) is 5.92 Å². The molecule has 0 aromatic heterocycles. The van der Waals surface area contributed by atoms with Gasteiger partial charge in [0, 0.05) is 25.3 Å². The van der Waals surface area contributed by atoms with Crippen LogP contribution in [0.1, 0.15) is 20.3 Å². The van der Waals surface area contributed by atoms with Gasteiger partial charge in [0.1, 0.15) is 0 Å². The quantitative estimate of drug-likeness (QED) is 0.798. The van der Waals surface area contributed by atoms with Crippen LogP contribution in [0.3, 0.4) is 0 Å². The SMILES string of the molecule is CNS(=O)(=O)c1ccc(N(C)CCC(N)C(C)C)cc1. The smallest absolute Gasteiger partial charge is 0.240 e. The molecule has 114 valence electrons. The van der Waals surface area contributed by atoms with Crippen molar-refractivity contribution in [2.24, 2.45) is 11.7 Å². The molecule has 0 aliphatic carbocycles. The Morgan fingerprint density at radius 2 is 1.80 bits per heavy atom. The van der Waals surface area contributed by atoms with Crippen LogP contribution in [0.4, 0.5) is 5.69 Å². The molecule has 0 saturated carbocycles. The average Bonchev–Trinajstić information content (AvgIpc) is 2.44. The van der Waals surface area contributed by atoms with Crippen molar-refractivity contribution in [3.05, 3.63) is 24.3 Å². The van der Waals surface area contributed by atoms with Crippen molar-refractivity contribution < 1.29 is 8.42 Å². The number of nitrogens with two attached hydrogens (primary N) is 1. The summed E-state index contributed by atoms with van der Waals surface area (Å²) in [6.45, 7) is 5.07. The summed E-state index contributed by atoms with van der Waals surface area (Å²) in [6, 6.07) is 7.03. The van der Waals surface area contributed by atoms with Crippen molar-refractivity contribution in [2.75, 3.05) is 25.5 Å². The maximum Gasteiger partial charge on any atom is 0.240 e. The highest BCUT2D eigenvalue weighted by atomic mass is 32.2. The lowest BCUT2D eigenvalue weighted by atomic mass is 10.0. The van der Waals surface area contributed by atoms with Crippen LogP contribution in [0.25, 0.3) is 0 Å². The van der Waals surface area contributed by atoms with E-state index in [0.717, 1.165) is 18.7 Å². The van der Waals surface area contributed by atoms with E-state index in [1.54, 1.807) is 12.1 Å². The molecule has 1 rings (SSSR count). The Balaban J connectivity index is 2.69. The number of rotatable bonds is 7. The highest BCUT2D eigenvalue weighted by molar-refractivity contribution is 7.89. The maximum atomic E-state index is 11.6. The topological polar surface area (TPSA) is 75.4 Å². The molecule has 1 aromatic rings. The fourth-order valence-electron chi connectivity index (χ4n) is 1.80. The molecule has 0 bridgehead atoms. The fraction of sp³-hybridized carbons (Fsp3) is 0.571. The molecule has 3 N–H and O–H groups in total. The fourth-order valence-corrected chi connectivity index (χ4v) is 2.53. The minimum atomic E-state index is -3.37. The van der Waals surface area contributed by atoms with Crippen LogP contribution < -0.4 is 15.4 Å². The van der Waals surface area contributed by atoms with Gasteiger partial charge in [-0.3, -0.25) is 0 Å². The van der Waals surface area contributed by atoms with Crippen molar-refractivity contribution in [1.82, 2.24) is 4.72 Å². The molecule has 0 aliphatic rings. The molecule has 1 atom stereocenters. The number of anilines is 1. The first-order valence-corrected chi connectivity index (χ1v) is 8.26. The zero-order chi connectivity index (χ0) is 15.3. The van der Waals surface area contributed by atoms with Gasteiger partial charge in [0.25, 0.3) is 0 Å². The maximum absolute atomic E-state index is 11.6. The van der Waals surface area contributed by atoms with Crippen LogP contribution in [0.2, 0.25) is 0 Å². The molecule has 0 fully saturated rings. The van der Waals surface area contributed by atoms with E-state index in [4.69, 9.17) is 5.73 Å². The Labute approximate surface area is 122 Å². The first-order chi connectivity index (χ1) is 9.27. The number of nitrogens with zero attached hydrogens (tertiary/aromatic N) is 1. The molecular weight excluding hydrogens is 274 g/mol. The van der Waals surface area contributed by atoms with Crippen molar-refractivity contribution >= 4 is 15.7 Å². The average molecular weight is 299 g/mol. The molecule has 0 aliphatic heterocycles. The van der Waals surface area contributed by atoms with Gasteiger partial charge in [-0.1, -0.05) is 13.8 Å². The second-order valence-electron chi connectivity index (χ2n) is 5.32. The van der Waals surface area contributed by atoms with Gasteiger partial charge in [-0.2, -0.15) is 0 Å². The number of nitrogens with one attached hydrogen (secondary N) is 1. The molecule has 1 aromatic carbocycles. The predicted octanol–water partition coefficient (Wildman–Crippen LogP) is 1.40. The monoisotopic (exact) mass is 299 g/mol. The lowest BCUT2D eigenvalue weighted by Crippen LogP contribution is -2.31. The zero-order valence-electron chi connectivity index (χ0n) is 12.6. The van der Waals surface area contributed by atoms with E-state index in [1.807, 2.05) is 19.2 Å². The summed E-state index contributed by atoms with van der Waals surface area (Å²) in [4.78, 5) is 2.36. The predicted molar refractivity (Wildman–Crippen MR) is 83.4 cm³/mol. The Morgan fingerprint density at radius 1 is 1.25 bits per heavy atom. The van der Waals surface area contributed by atoms with Gasteiger partial charge >= 0.3 is 0 Å². The van der Waals surface area contributed by atoms with Crippen molar-refractivity contribution in [3.63, 3.8) is 0 Å². The van der Waals surface area contributed by atoms with Gasteiger partial charge in [0.2, 0.25) is 10.0 Å². The third kappa shape index (κ3) is 4.47. The Bertz CT molecular complexity index is 512.